The molecule has 0 fully saturated rings. The molecule has 136 valence electrons. The number of aryl methyl sites for hydroxylation is 3. The summed E-state index contributed by atoms with van der Waals surface area (Å²) in [5.41, 5.74) is 3.33. The van der Waals surface area contributed by atoms with E-state index in [1.807, 2.05) is 20.9 Å². The number of rotatable bonds is 6. The summed E-state index contributed by atoms with van der Waals surface area (Å²) in [6, 6.07) is 5.21. The number of fused-ring (bicyclic) bond motifs is 1. The van der Waals surface area contributed by atoms with Gasteiger partial charge in [-0.15, -0.1) is 0 Å². The molecule has 0 atom stereocenters. The first-order valence-electron chi connectivity index (χ1n) is 8.19. The van der Waals surface area contributed by atoms with Crippen molar-refractivity contribution in [3.63, 3.8) is 0 Å². The van der Waals surface area contributed by atoms with E-state index in [1.165, 1.54) is 0 Å². The van der Waals surface area contributed by atoms with Crippen LogP contribution in [0.25, 0.3) is 11.0 Å². The fourth-order valence-electron chi connectivity index (χ4n) is 2.72. The normalized spacial score (nSPS) is 10.9. The molecule has 0 aromatic carbocycles. The van der Waals surface area contributed by atoms with Crippen LogP contribution in [0.5, 0.6) is 5.88 Å². The van der Waals surface area contributed by atoms with Crippen LogP contribution in [0.15, 0.2) is 24.4 Å². The third kappa shape index (κ3) is 3.65. The third-order valence-corrected chi connectivity index (χ3v) is 3.87. The highest BCUT2D eigenvalue weighted by Gasteiger charge is 2.18. The van der Waals surface area contributed by atoms with E-state index >= 15 is 0 Å². The Bertz CT molecular complexity index is 934. The average molecular weight is 355 g/mol. The van der Waals surface area contributed by atoms with Crippen molar-refractivity contribution in [3.8, 4) is 5.88 Å². The number of carbonyl (C=O) groups excluding carboxylic acids is 1. The number of nitrogens with zero attached hydrogens (tertiary/aromatic N) is 4. The van der Waals surface area contributed by atoms with Gasteiger partial charge >= 0.3 is 0 Å². The lowest BCUT2D eigenvalue weighted by Crippen LogP contribution is -2.13. The summed E-state index contributed by atoms with van der Waals surface area (Å²) in [5, 5.41) is 7.98. The minimum atomic E-state index is -0.230. The molecule has 0 spiro atoms. The molecule has 26 heavy (non-hydrogen) atoms. The standard InChI is InChI=1S/C18H21N5O3/c1-11-9-14(16-12(2)22-23(3)17(16)20-11)18(24)21-13-5-6-15(19-10-13)26-8-7-25-4/h5-6,9-10H,7-8H2,1-4H3,(H,21,24). The van der Waals surface area contributed by atoms with E-state index in [4.69, 9.17) is 9.47 Å². The SMILES string of the molecule is COCCOc1ccc(NC(=O)c2cc(C)nc3c2c(C)nn3C)cn1. The summed E-state index contributed by atoms with van der Waals surface area (Å²) in [5.74, 6) is 0.247. The van der Waals surface area contributed by atoms with Crippen molar-refractivity contribution in [2.75, 3.05) is 25.6 Å². The molecular weight excluding hydrogens is 334 g/mol. The minimum Gasteiger partial charge on any atom is -0.475 e. The molecule has 1 N–H and O–H groups in total. The Morgan fingerprint density at radius 2 is 2.08 bits per heavy atom. The molecule has 0 saturated carbocycles. The highest BCUT2D eigenvalue weighted by atomic mass is 16.5. The quantitative estimate of drug-likeness (QED) is 0.682. The molecule has 8 heteroatoms. The molecule has 0 bridgehead atoms. The molecule has 0 aliphatic carbocycles. The van der Waals surface area contributed by atoms with Crippen LogP contribution >= 0.6 is 0 Å². The van der Waals surface area contributed by atoms with Gasteiger partial charge in [0.1, 0.15) is 6.61 Å². The first-order valence-corrected chi connectivity index (χ1v) is 8.19. The molecule has 3 heterocycles. The van der Waals surface area contributed by atoms with Gasteiger partial charge in [-0.3, -0.25) is 9.48 Å². The summed E-state index contributed by atoms with van der Waals surface area (Å²) >= 11 is 0. The van der Waals surface area contributed by atoms with E-state index in [0.717, 1.165) is 16.8 Å². The van der Waals surface area contributed by atoms with Crippen molar-refractivity contribution < 1.29 is 14.3 Å². The summed E-state index contributed by atoms with van der Waals surface area (Å²) in [6.07, 6.45) is 1.56. The molecular formula is C18H21N5O3. The summed E-state index contributed by atoms with van der Waals surface area (Å²) < 4.78 is 12.0. The van der Waals surface area contributed by atoms with Crippen molar-refractivity contribution >= 4 is 22.6 Å². The first-order chi connectivity index (χ1) is 12.5. The third-order valence-electron chi connectivity index (χ3n) is 3.87. The van der Waals surface area contributed by atoms with Gasteiger partial charge in [0.05, 0.1) is 35.1 Å². The smallest absolute Gasteiger partial charge is 0.256 e. The predicted octanol–water partition coefficient (Wildman–Crippen LogP) is 2.26. The van der Waals surface area contributed by atoms with Gasteiger partial charge in [0.2, 0.25) is 5.88 Å². The highest BCUT2D eigenvalue weighted by molar-refractivity contribution is 6.12. The molecule has 1 amide bonds. The van der Waals surface area contributed by atoms with E-state index in [2.05, 4.69) is 20.4 Å². The van der Waals surface area contributed by atoms with Crippen LogP contribution in [0.4, 0.5) is 5.69 Å². The van der Waals surface area contributed by atoms with E-state index < -0.39 is 0 Å². The molecule has 0 aliphatic rings. The van der Waals surface area contributed by atoms with Gasteiger partial charge in [0.15, 0.2) is 5.65 Å². The van der Waals surface area contributed by atoms with Crippen molar-refractivity contribution in [2.45, 2.75) is 13.8 Å². The Morgan fingerprint density at radius 1 is 1.27 bits per heavy atom. The second kappa shape index (κ2) is 7.49. The molecule has 8 nitrogen and oxygen atoms in total. The van der Waals surface area contributed by atoms with Gasteiger partial charge < -0.3 is 14.8 Å². The zero-order valence-corrected chi connectivity index (χ0v) is 15.2. The van der Waals surface area contributed by atoms with Crippen LogP contribution in [0.1, 0.15) is 21.7 Å². The van der Waals surface area contributed by atoms with Gasteiger partial charge in [0, 0.05) is 25.9 Å². The maximum absolute atomic E-state index is 12.8. The number of nitrogens with one attached hydrogen (secondary N) is 1. The van der Waals surface area contributed by atoms with Crippen LogP contribution in [0, 0.1) is 13.8 Å². The summed E-state index contributed by atoms with van der Waals surface area (Å²) in [6.45, 7) is 4.63. The fraction of sp³-hybridized carbons (Fsp3) is 0.333. The van der Waals surface area contributed by atoms with Gasteiger partial charge in [-0.05, 0) is 26.0 Å². The molecule has 3 aromatic heterocycles. The Labute approximate surface area is 151 Å². The number of hydrogen-bond donors (Lipinski definition) is 1. The second-order valence-corrected chi connectivity index (χ2v) is 5.90. The van der Waals surface area contributed by atoms with Gasteiger partial charge in [-0.1, -0.05) is 0 Å². The first kappa shape index (κ1) is 17.8. The van der Waals surface area contributed by atoms with Gasteiger partial charge in [0.25, 0.3) is 5.91 Å². The summed E-state index contributed by atoms with van der Waals surface area (Å²) in [7, 11) is 3.42. The van der Waals surface area contributed by atoms with Crippen LogP contribution < -0.4 is 10.1 Å². The molecule has 0 unspecified atom stereocenters. The van der Waals surface area contributed by atoms with Gasteiger partial charge in [-0.25, -0.2) is 9.97 Å². The van der Waals surface area contributed by atoms with Crippen molar-refractivity contribution in [1.82, 2.24) is 19.7 Å². The average Bonchev–Trinajstić information content (AvgIpc) is 2.90. The van der Waals surface area contributed by atoms with Crippen LogP contribution in [0.3, 0.4) is 0 Å². The summed E-state index contributed by atoms with van der Waals surface area (Å²) in [4.78, 5) is 21.4. The second-order valence-electron chi connectivity index (χ2n) is 5.90. The number of aromatic nitrogens is 4. The fourth-order valence-corrected chi connectivity index (χ4v) is 2.72. The largest absolute Gasteiger partial charge is 0.475 e. The lowest BCUT2D eigenvalue weighted by Gasteiger charge is -2.09. The van der Waals surface area contributed by atoms with E-state index in [0.29, 0.717) is 36.0 Å². The highest BCUT2D eigenvalue weighted by Crippen LogP contribution is 2.23. The van der Waals surface area contributed by atoms with E-state index in [9.17, 15) is 4.79 Å². The number of amides is 1. The van der Waals surface area contributed by atoms with Crippen LogP contribution in [0.2, 0.25) is 0 Å². The number of hydrogen-bond acceptors (Lipinski definition) is 6. The molecule has 0 radical (unpaired) electrons. The molecule has 3 rings (SSSR count). The Morgan fingerprint density at radius 3 is 2.77 bits per heavy atom. The van der Waals surface area contributed by atoms with Crippen molar-refractivity contribution in [2.24, 2.45) is 7.05 Å². The zero-order valence-electron chi connectivity index (χ0n) is 15.2. The number of ether oxygens (including phenoxy) is 2. The van der Waals surface area contributed by atoms with Crippen molar-refractivity contribution in [1.29, 1.82) is 0 Å². The van der Waals surface area contributed by atoms with E-state index in [1.54, 1.807) is 36.2 Å². The maximum atomic E-state index is 12.8. The number of pyridine rings is 2. The lowest BCUT2D eigenvalue weighted by molar-refractivity contribution is 0.102. The topological polar surface area (TPSA) is 91.2 Å². The van der Waals surface area contributed by atoms with Crippen molar-refractivity contribution in [3.05, 3.63) is 41.3 Å². The van der Waals surface area contributed by atoms with E-state index in [-0.39, 0.29) is 5.91 Å². The van der Waals surface area contributed by atoms with Gasteiger partial charge in [-0.2, -0.15) is 5.10 Å². The van der Waals surface area contributed by atoms with Crippen LogP contribution in [-0.4, -0.2) is 46.0 Å². The molecule has 0 saturated heterocycles. The number of methoxy groups -OCH3 is 1. The molecule has 0 aliphatic heterocycles. The monoisotopic (exact) mass is 355 g/mol. The molecule has 3 aromatic rings. The predicted molar refractivity (Wildman–Crippen MR) is 97.5 cm³/mol. The minimum absolute atomic E-state index is 0.230. The number of anilines is 1. The zero-order chi connectivity index (χ0) is 18.7. The maximum Gasteiger partial charge on any atom is 0.256 e. The Kier molecular flexibility index (Phi) is 5.13. The lowest BCUT2D eigenvalue weighted by atomic mass is 10.1. The Balaban J connectivity index is 1.81. The number of carbonyl (C=O) groups is 1. The van der Waals surface area contributed by atoms with Crippen LogP contribution in [-0.2, 0) is 11.8 Å². The Hall–Kier alpha value is -3.00.